The summed E-state index contributed by atoms with van der Waals surface area (Å²) in [7, 11) is 1.34. The Hall–Kier alpha value is -2.61. The van der Waals surface area contributed by atoms with Crippen LogP contribution in [0.15, 0.2) is 18.3 Å². The number of esters is 1. The number of aryl methyl sites for hydroxylation is 1. The number of methoxy groups -OCH3 is 1. The smallest absolute Gasteiger partial charge is 0.325 e. The minimum absolute atomic E-state index is 0.277. The zero-order chi connectivity index (χ0) is 18.0. The number of rotatable bonds is 5. The Morgan fingerprint density at radius 3 is 3.00 bits per heavy atom. The van der Waals surface area contributed by atoms with Crippen LogP contribution in [-0.2, 0) is 9.53 Å². The third-order valence-corrected chi connectivity index (χ3v) is 4.30. The van der Waals surface area contributed by atoms with Crippen LogP contribution in [0.4, 0.5) is 0 Å². The molecule has 2 N–H and O–H groups in total. The van der Waals surface area contributed by atoms with E-state index in [0.29, 0.717) is 42.4 Å². The predicted molar refractivity (Wildman–Crippen MR) is 90.8 cm³/mol. The van der Waals surface area contributed by atoms with Crippen molar-refractivity contribution in [2.75, 3.05) is 20.3 Å². The number of carbonyl (C=O) groups is 2. The van der Waals surface area contributed by atoms with Gasteiger partial charge in [0.2, 0.25) is 0 Å². The van der Waals surface area contributed by atoms with Crippen molar-refractivity contribution in [3.05, 3.63) is 29.7 Å². The summed E-state index contributed by atoms with van der Waals surface area (Å²) in [4.78, 5) is 29.1. The average molecular weight is 346 g/mol. The highest BCUT2D eigenvalue weighted by Gasteiger charge is 2.35. The largest absolute Gasteiger partial charge is 0.490 e. The van der Waals surface area contributed by atoms with Crippen molar-refractivity contribution in [1.82, 2.24) is 20.0 Å². The molecule has 1 aliphatic heterocycles. The van der Waals surface area contributed by atoms with Crippen LogP contribution in [0.3, 0.4) is 0 Å². The van der Waals surface area contributed by atoms with Crippen LogP contribution in [0.1, 0.15) is 29.5 Å². The molecular weight excluding hydrogens is 324 g/mol. The normalized spacial score (nSPS) is 19.8. The minimum Gasteiger partial charge on any atom is -0.490 e. The molecule has 1 aliphatic rings. The second kappa shape index (κ2) is 7.10. The number of carbonyl (C=O) groups excluding carboxylic acids is 2. The minimum atomic E-state index is -0.535. The molecule has 8 heteroatoms. The number of amides is 1. The first-order valence-corrected chi connectivity index (χ1v) is 8.29. The molecule has 25 heavy (non-hydrogen) atoms. The van der Waals surface area contributed by atoms with Gasteiger partial charge in [-0.15, -0.1) is 0 Å². The van der Waals surface area contributed by atoms with Gasteiger partial charge in [-0.25, -0.2) is 4.98 Å². The quantitative estimate of drug-likeness (QED) is 0.773. The number of pyridine rings is 1. The molecular formula is C17H22N4O4. The van der Waals surface area contributed by atoms with Crippen LogP contribution in [0.2, 0.25) is 0 Å². The molecule has 0 aromatic carbocycles. The van der Waals surface area contributed by atoms with Crippen molar-refractivity contribution in [1.29, 1.82) is 0 Å². The van der Waals surface area contributed by atoms with Gasteiger partial charge >= 0.3 is 5.97 Å². The highest BCUT2D eigenvalue weighted by molar-refractivity contribution is 5.95. The van der Waals surface area contributed by atoms with Gasteiger partial charge in [0.25, 0.3) is 5.91 Å². The van der Waals surface area contributed by atoms with E-state index in [0.717, 1.165) is 0 Å². The number of nitrogens with one attached hydrogen (secondary N) is 2. The maximum Gasteiger partial charge on any atom is 0.325 e. The van der Waals surface area contributed by atoms with Gasteiger partial charge in [-0.1, -0.05) is 0 Å². The van der Waals surface area contributed by atoms with E-state index in [1.165, 1.54) is 7.11 Å². The number of ether oxygens (including phenoxy) is 2. The van der Waals surface area contributed by atoms with E-state index in [4.69, 9.17) is 9.47 Å². The van der Waals surface area contributed by atoms with Crippen LogP contribution in [-0.4, -0.2) is 53.6 Å². The van der Waals surface area contributed by atoms with Gasteiger partial charge in [0.15, 0.2) is 11.4 Å². The third-order valence-electron chi connectivity index (χ3n) is 4.30. The molecule has 134 valence electrons. The first kappa shape index (κ1) is 17.2. The molecule has 1 saturated heterocycles. The Labute approximate surface area is 145 Å². The van der Waals surface area contributed by atoms with E-state index in [9.17, 15) is 9.59 Å². The Morgan fingerprint density at radius 1 is 1.48 bits per heavy atom. The molecule has 0 aliphatic carbocycles. The summed E-state index contributed by atoms with van der Waals surface area (Å²) in [6.45, 7) is 4.84. The van der Waals surface area contributed by atoms with Crippen LogP contribution in [0.25, 0.3) is 5.65 Å². The molecule has 3 rings (SSSR count). The molecule has 2 atom stereocenters. The highest BCUT2D eigenvalue weighted by atomic mass is 16.5. The van der Waals surface area contributed by atoms with Crippen molar-refractivity contribution >= 4 is 17.5 Å². The zero-order valence-electron chi connectivity index (χ0n) is 14.5. The summed E-state index contributed by atoms with van der Waals surface area (Å²) >= 11 is 0. The number of nitrogens with zero attached hydrogens (tertiary/aromatic N) is 2. The number of hydrogen-bond donors (Lipinski definition) is 2. The molecule has 0 bridgehead atoms. The van der Waals surface area contributed by atoms with Crippen molar-refractivity contribution in [2.24, 2.45) is 0 Å². The SMILES string of the molecule is CCOc1cccn2c(C(=O)N[C@@H]3CCN[C@@H]3C(=O)OC)c(C)nc12. The fraction of sp³-hybridized carbons (Fsp3) is 0.471. The molecule has 2 aromatic rings. The van der Waals surface area contributed by atoms with Crippen molar-refractivity contribution < 1.29 is 19.1 Å². The van der Waals surface area contributed by atoms with E-state index in [1.807, 2.05) is 19.1 Å². The fourth-order valence-electron chi connectivity index (χ4n) is 3.17. The summed E-state index contributed by atoms with van der Waals surface area (Å²) in [5.74, 6) is -0.0281. The maximum atomic E-state index is 12.8. The van der Waals surface area contributed by atoms with Crippen LogP contribution in [0, 0.1) is 6.92 Å². The van der Waals surface area contributed by atoms with Crippen molar-refractivity contribution in [3.63, 3.8) is 0 Å². The van der Waals surface area contributed by atoms with Crippen molar-refractivity contribution in [2.45, 2.75) is 32.4 Å². The topological polar surface area (TPSA) is 94.0 Å². The van der Waals surface area contributed by atoms with Gasteiger partial charge < -0.3 is 20.1 Å². The molecule has 1 amide bonds. The van der Waals surface area contributed by atoms with Crippen molar-refractivity contribution in [3.8, 4) is 5.75 Å². The second-order valence-corrected chi connectivity index (χ2v) is 5.87. The van der Waals surface area contributed by atoms with Gasteiger partial charge in [-0.2, -0.15) is 0 Å². The molecule has 1 fully saturated rings. The second-order valence-electron chi connectivity index (χ2n) is 5.87. The number of imidazole rings is 1. The van der Waals surface area contributed by atoms with Crippen LogP contribution < -0.4 is 15.4 Å². The maximum absolute atomic E-state index is 12.8. The lowest BCUT2D eigenvalue weighted by molar-refractivity contribution is -0.143. The molecule has 8 nitrogen and oxygen atoms in total. The molecule has 0 unspecified atom stereocenters. The monoisotopic (exact) mass is 346 g/mol. The lowest BCUT2D eigenvalue weighted by Crippen LogP contribution is -2.48. The summed E-state index contributed by atoms with van der Waals surface area (Å²) in [6.07, 6.45) is 2.43. The molecule has 2 aromatic heterocycles. The number of aromatic nitrogens is 2. The van der Waals surface area contributed by atoms with Gasteiger partial charge in [-0.05, 0) is 38.9 Å². The van der Waals surface area contributed by atoms with E-state index < -0.39 is 6.04 Å². The third kappa shape index (κ3) is 3.17. The summed E-state index contributed by atoms with van der Waals surface area (Å²) < 4.78 is 12.1. The molecule has 0 saturated carbocycles. The zero-order valence-corrected chi connectivity index (χ0v) is 14.5. The van der Waals surface area contributed by atoms with E-state index in [2.05, 4.69) is 15.6 Å². The molecule has 0 radical (unpaired) electrons. The first-order valence-electron chi connectivity index (χ1n) is 8.29. The van der Waals surface area contributed by atoms with E-state index in [-0.39, 0.29) is 17.9 Å². The highest BCUT2D eigenvalue weighted by Crippen LogP contribution is 2.22. The Morgan fingerprint density at radius 2 is 2.28 bits per heavy atom. The fourth-order valence-corrected chi connectivity index (χ4v) is 3.17. The van der Waals surface area contributed by atoms with Gasteiger partial charge in [-0.3, -0.25) is 14.0 Å². The van der Waals surface area contributed by atoms with Crippen LogP contribution in [0.5, 0.6) is 5.75 Å². The average Bonchev–Trinajstić information content (AvgIpc) is 3.18. The Bertz CT molecular complexity index is 801. The summed E-state index contributed by atoms with van der Waals surface area (Å²) in [5, 5.41) is 5.98. The lowest BCUT2D eigenvalue weighted by atomic mass is 10.1. The Kier molecular flexibility index (Phi) is 4.89. The van der Waals surface area contributed by atoms with E-state index >= 15 is 0 Å². The van der Waals surface area contributed by atoms with Gasteiger partial charge in [0.05, 0.1) is 25.5 Å². The van der Waals surface area contributed by atoms with Gasteiger partial charge in [0, 0.05) is 6.20 Å². The van der Waals surface area contributed by atoms with E-state index in [1.54, 1.807) is 17.5 Å². The molecule has 0 spiro atoms. The number of hydrogen-bond acceptors (Lipinski definition) is 6. The Balaban J connectivity index is 1.89. The lowest BCUT2D eigenvalue weighted by Gasteiger charge is -2.18. The standard InChI is InChI=1S/C17H22N4O4/c1-4-25-12-6-5-9-21-14(10(2)19-15(12)21)16(22)20-11-7-8-18-13(11)17(23)24-3/h5-6,9,11,13,18H,4,7-8H2,1-3H3,(H,20,22)/t11-,13+/m1/s1. The predicted octanol–water partition coefficient (Wildman–Crippen LogP) is 0.675. The van der Waals surface area contributed by atoms with Gasteiger partial charge in [0.1, 0.15) is 11.7 Å². The summed E-state index contributed by atoms with van der Waals surface area (Å²) in [6, 6.07) is 2.78. The first-order chi connectivity index (χ1) is 12.1. The number of fused-ring (bicyclic) bond motifs is 1. The summed E-state index contributed by atoms with van der Waals surface area (Å²) in [5.41, 5.74) is 1.64. The van der Waals surface area contributed by atoms with Crippen LogP contribution >= 0.6 is 0 Å². The molecule has 3 heterocycles.